The fourth-order valence-electron chi connectivity index (χ4n) is 2.62. The zero-order chi connectivity index (χ0) is 19.3. The van der Waals surface area contributed by atoms with E-state index in [0.29, 0.717) is 12.4 Å². The highest BCUT2D eigenvalue weighted by molar-refractivity contribution is 6.68. The van der Waals surface area contributed by atoms with Gasteiger partial charge in [0.25, 0.3) is 0 Å². The lowest BCUT2D eigenvalue weighted by Crippen LogP contribution is -2.55. The van der Waals surface area contributed by atoms with E-state index >= 15 is 0 Å². The second-order valence-electron chi connectivity index (χ2n) is 5.71. The number of ether oxygens (including phenoxy) is 1. The van der Waals surface area contributed by atoms with E-state index in [2.05, 4.69) is 0 Å². The van der Waals surface area contributed by atoms with Gasteiger partial charge >= 0.3 is 0 Å². The highest BCUT2D eigenvalue weighted by atomic mass is 35.5. The number of hydroxylamine groups is 2. The summed E-state index contributed by atoms with van der Waals surface area (Å²) >= 11 is 5.83. The number of Topliss-reactive ketones (excluding diaryl/α,β-unsaturated/α-hetero) is 1. The topological polar surface area (TPSA) is 90.7 Å². The summed E-state index contributed by atoms with van der Waals surface area (Å²) in [6, 6.07) is 15.7. The molecular formula is C19H19ClN2O4. The second-order valence-corrected chi connectivity index (χ2v) is 6.09. The molecule has 0 heterocycles. The van der Waals surface area contributed by atoms with Crippen LogP contribution in [0.3, 0.4) is 0 Å². The number of hydrogen-bond donors (Lipinski definition) is 2. The summed E-state index contributed by atoms with van der Waals surface area (Å²) in [4.78, 5) is 23.9. The number of hydrogen-bond acceptors (Lipinski definition) is 5. The Hall–Kier alpha value is -2.70. The SMILES string of the molecule is CC(=O)N(O)C(C(=N)Cl)(C(C)=O)c1ccc(OCc2ccccc2)cc1. The van der Waals surface area contributed by atoms with Crippen LogP contribution in [0.25, 0.3) is 0 Å². The molecule has 0 bridgehead atoms. The number of benzene rings is 2. The predicted octanol–water partition coefficient (Wildman–Crippen LogP) is 3.50. The third kappa shape index (κ3) is 3.76. The lowest BCUT2D eigenvalue weighted by Gasteiger charge is -2.36. The molecule has 136 valence electrons. The van der Waals surface area contributed by atoms with Crippen LogP contribution in [0.4, 0.5) is 0 Å². The number of halogens is 1. The van der Waals surface area contributed by atoms with Gasteiger partial charge in [0.2, 0.25) is 11.4 Å². The molecule has 2 N–H and O–H groups in total. The summed E-state index contributed by atoms with van der Waals surface area (Å²) in [7, 11) is 0. The van der Waals surface area contributed by atoms with Crippen molar-refractivity contribution in [3.05, 3.63) is 65.7 Å². The zero-order valence-electron chi connectivity index (χ0n) is 14.4. The Morgan fingerprint density at radius 1 is 1.12 bits per heavy atom. The second kappa shape index (κ2) is 8.12. The van der Waals surface area contributed by atoms with Crippen LogP contribution in [-0.4, -0.2) is 27.1 Å². The minimum atomic E-state index is -2.08. The first-order valence-corrected chi connectivity index (χ1v) is 8.20. The van der Waals surface area contributed by atoms with E-state index in [1.54, 1.807) is 12.1 Å². The Kier molecular flexibility index (Phi) is 6.13. The van der Waals surface area contributed by atoms with E-state index in [9.17, 15) is 14.8 Å². The number of carbonyl (C=O) groups excluding carboxylic acids is 2. The maximum absolute atomic E-state index is 12.2. The number of rotatable bonds is 7. The summed E-state index contributed by atoms with van der Waals surface area (Å²) in [5, 5.41) is 17.5. The van der Waals surface area contributed by atoms with Gasteiger partial charge in [0, 0.05) is 6.92 Å². The van der Waals surface area contributed by atoms with Gasteiger partial charge in [-0.2, -0.15) is 5.06 Å². The lowest BCUT2D eigenvalue weighted by molar-refractivity contribution is -0.185. The summed E-state index contributed by atoms with van der Waals surface area (Å²) in [5.74, 6) is -0.938. The number of nitrogens with zero attached hydrogens (tertiary/aromatic N) is 1. The normalized spacial score (nSPS) is 12.8. The fourth-order valence-corrected chi connectivity index (χ4v) is 2.94. The molecule has 1 unspecified atom stereocenters. The van der Waals surface area contributed by atoms with Crippen molar-refractivity contribution >= 4 is 28.5 Å². The third-order valence-corrected chi connectivity index (χ3v) is 4.24. The van der Waals surface area contributed by atoms with Crippen LogP contribution in [0.5, 0.6) is 5.75 Å². The van der Waals surface area contributed by atoms with Crippen molar-refractivity contribution < 1.29 is 19.5 Å². The highest BCUT2D eigenvalue weighted by Gasteiger charge is 2.48. The van der Waals surface area contributed by atoms with Crippen molar-refractivity contribution in [1.82, 2.24) is 5.06 Å². The molecule has 7 heteroatoms. The van der Waals surface area contributed by atoms with Crippen molar-refractivity contribution in [3.63, 3.8) is 0 Å². The Labute approximate surface area is 156 Å². The van der Waals surface area contributed by atoms with Crippen molar-refractivity contribution in [1.29, 1.82) is 5.41 Å². The maximum atomic E-state index is 12.2. The molecule has 1 atom stereocenters. The Balaban J connectivity index is 2.31. The smallest absolute Gasteiger partial charge is 0.244 e. The van der Waals surface area contributed by atoms with E-state index in [0.717, 1.165) is 19.4 Å². The minimum absolute atomic E-state index is 0.185. The summed E-state index contributed by atoms with van der Waals surface area (Å²) < 4.78 is 5.67. The molecule has 0 aromatic heterocycles. The molecule has 1 amide bonds. The van der Waals surface area contributed by atoms with Crippen LogP contribution in [0.2, 0.25) is 0 Å². The Morgan fingerprint density at radius 2 is 1.69 bits per heavy atom. The van der Waals surface area contributed by atoms with Crippen LogP contribution >= 0.6 is 11.6 Å². The van der Waals surface area contributed by atoms with Crippen LogP contribution in [0, 0.1) is 5.41 Å². The van der Waals surface area contributed by atoms with Gasteiger partial charge in [0.05, 0.1) is 0 Å². The van der Waals surface area contributed by atoms with E-state index < -0.39 is 22.4 Å². The molecule has 0 saturated heterocycles. The van der Waals surface area contributed by atoms with Gasteiger partial charge in [0.15, 0.2) is 5.78 Å². The van der Waals surface area contributed by atoms with Gasteiger partial charge in [-0.1, -0.05) is 54.1 Å². The van der Waals surface area contributed by atoms with Crippen LogP contribution < -0.4 is 4.74 Å². The van der Waals surface area contributed by atoms with Crippen molar-refractivity contribution in [2.24, 2.45) is 0 Å². The first-order chi connectivity index (χ1) is 12.3. The van der Waals surface area contributed by atoms with Gasteiger partial charge < -0.3 is 4.74 Å². The first-order valence-electron chi connectivity index (χ1n) is 7.82. The quantitative estimate of drug-likeness (QED) is 0.441. The third-order valence-electron chi connectivity index (χ3n) is 3.96. The monoisotopic (exact) mass is 374 g/mol. The van der Waals surface area contributed by atoms with Gasteiger partial charge in [-0.05, 0) is 30.2 Å². The molecule has 2 aromatic carbocycles. The maximum Gasteiger partial charge on any atom is 0.244 e. The van der Waals surface area contributed by atoms with E-state index in [1.807, 2.05) is 30.3 Å². The Morgan fingerprint density at radius 3 is 2.15 bits per heavy atom. The molecule has 6 nitrogen and oxygen atoms in total. The van der Waals surface area contributed by atoms with Crippen LogP contribution in [0.1, 0.15) is 25.0 Å². The summed E-state index contributed by atoms with van der Waals surface area (Å²) in [6.07, 6.45) is 0. The molecule has 26 heavy (non-hydrogen) atoms. The van der Waals surface area contributed by atoms with Crippen molar-refractivity contribution in [3.8, 4) is 5.75 Å². The summed E-state index contributed by atoms with van der Waals surface area (Å²) in [5.41, 5.74) is -0.893. The van der Waals surface area contributed by atoms with Gasteiger partial charge in [-0.25, -0.2) is 0 Å². The molecule has 0 aliphatic heterocycles. The molecule has 0 radical (unpaired) electrons. The average molecular weight is 375 g/mol. The van der Waals surface area contributed by atoms with E-state index in [-0.39, 0.29) is 10.6 Å². The molecule has 2 rings (SSSR count). The van der Waals surface area contributed by atoms with E-state index in [1.165, 1.54) is 12.1 Å². The van der Waals surface area contributed by atoms with Crippen molar-refractivity contribution in [2.75, 3.05) is 0 Å². The number of ketones is 1. The largest absolute Gasteiger partial charge is 0.489 e. The molecule has 0 aliphatic carbocycles. The summed E-state index contributed by atoms with van der Waals surface area (Å²) in [6.45, 7) is 2.60. The zero-order valence-corrected chi connectivity index (χ0v) is 15.2. The molecule has 0 fully saturated rings. The molecule has 0 aliphatic rings. The predicted molar refractivity (Wildman–Crippen MR) is 97.5 cm³/mol. The fraction of sp³-hybridized carbons (Fsp3) is 0.211. The first kappa shape index (κ1) is 19.6. The van der Waals surface area contributed by atoms with Gasteiger partial charge in [-0.15, -0.1) is 0 Å². The lowest BCUT2D eigenvalue weighted by atomic mass is 9.86. The van der Waals surface area contributed by atoms with Gasteiger partial charge in [0.1, 0.15) is 17.5 Å². The standard InChI is InChI=1S/C19H19ClN2O4/c1-13(23)19(18(20)21,22(25)14(2)24)16-8-10-17(11-9-16)26-12-15-6-4-3-5-7-15/h3-11,21,25H,12H2,1-2H3. The minimum Gasteiger partial charge on any atom is -0.489 e. The van der Waals surface area contributed by atoms with Crippen LogP contribution in [-0.2, 0) is 21.7 Å². The molecule has 2 aromatic rings. The van der Waals surface area contributed by atoms with Gasteiger partial charge in [-0.3, -0.25) is 20.2 Å². The van der Waals surface area contributed by atoms with Crippen LogP contribution in [0.15, 0.2) is 54.6 Å². The van der Waals surface area contributed by atoms with Crippen molar-refractivity contribution in [2.45, 2.75) is 26.0 Å². The molecular weight excluding hydrogens is 356 g/mol. The Bertz CT molecular complexity index is 792. The van der Waals surface area contributed by atoms with E-state index in [4.69, 9.17) is 21.7 Å². The molecule has 0 spiro atoms. The number of carbonyl (C=O) groups is 2. The highest BCUT2D eigenvalue weighted by Crippen LogP contribution is 2.33. The number of amides is 1. The number of nitrogens with one attached hydrogen (secondary N) is 1. The molecule has 0 saturated carbocycles. The average Bonchev–Trinajstić information content (AvgIpc) is 2.61.